The van der Waals surface area contributed by atoms with Gasteiger partial charge in [-0.3, -0.25) is 0 Å². The van der Waals surface area contributed by atoms with E-state index in [9.17, 15) is 13.2 Å². The third kappa shape index (κ3) is 4.71. The molecule has 0 heterocycles. The van der Waals surface area contributed by atoms with E-state index in [4.69, 9.17) is 4.74 Å². The first-order valence-corrected chi connectivity index (χ1v) is 10.3. The molecule has 3 rings (SSSR count). The van der Waals surface area contributed by atoms with Crippen molar-refractivity contribution in [3.8, 4) is 5.75 Å². The lowest BCUT2D eigenvalue weighted by molar-refractivity contribution is 0.304. The fraction of sp³-hybridized carbons (Fsp3) is 0.500. The monoisotopic (exact) mass is 390 g/mol. The van der Waals surface area contributed by atoms with Crippen molar-refractivity contribution in [2.45, 2.75) is 57.8 Å². The molecule has 152 valence electrons. The highest BCUT2D eigenvalue weighted by molar-refractivity contribution is 5.34. The van der Waals surface area contributed by atoms with Gasteiger partial charge in [-0.2, -0.15) is 0 Å². The highest BCUT2D eigenvalue weighted by atomic mass is 19.2. The molecule has 2 aliphatic carbocycles. The van der Waals surface area contributed by atoms with Gasteiger partial charge in [0.15, 0.2) is 5.83 Å². The summed E-state index contributed by atoms with van der Waals surface area (Å²) >= 11 is 0. The van der Waals surface area contributed by atoms with Crippen LogP contribution in [-0.2, 0) is 0 Å². The topological polar surface area (TPSA) is 9.23 Å². The molecular formula is C24H29F3O. The number of ether oxygens (including phenoxy) is 1. The van der Waals surface area contributed by atoms with E-state index in [2.05, 4.69) is 6.58 Å². The van der Waals surface area contributed by atoms with E-state index < -0.39 is 17.6 Å². The predicted molar refractivity (Wildman–Crippen MR) is 107 cm³/mol. The lowest BCUT2D eigenvalue weighted by atomic mass is 9.76. The smallest absolute Gasteiger partial charge is 0.158 e. The fourth-order valence-corrected chi connectivity index (χ4v) is 4.41. The van der Waals surface area contributed by atoms with Gasteiger partial charge in [-0.15, -0.1) is 6.58 Å². The molecule has 0 radical (unpaired) electrons. The molecule has 0 bridgehead atoms. The molecule has 1 atom stereocenters. The maximum absolute atomic E-state index is 14.4. The molecule has 1 fully saturated rings. The van der Waals surface area contributed by atoms with Gasteiger partial charge in [0.1, 0.15) is 17.4 Å². The normalized spacial score (nSPS) is 25.4. The Morgan fingerprint density at radius 2 is 1.89 bits per heavy atom. The average molecular weight is 390 g/mol. The summed E-state index contributed by atoms with van der Waals surface area (Å²) in [7, 11) is 0. The van der Waals surface area contributed by atoms with E-state index >= 15 is 0 Å². The number of rotatable bonds is 7. The van der Waals surface area contributed by atoms with Crippen LogP contribution >= 0.6 is 0 Å². The van der Waals surface area contributed by atoms with Crippen LogP contribution in [0.2, 0.25) is 0 Å². The summed E-state index contributed by atoms with van der Waals surface area (Å²) in [5, 5.41) is 0. The SMILES string of the molecule is C=C[C@@H]1CC=C(CCC2CCC(c3ccc(OCC)cc3F)CC2)C(F)=C1F. The summed E-state index contributed by atoms with van der Waals surface area (Å²) < 4.78 is 47.9. The van der Waals surface area contributed by atoms with Crippen molar-refractivity contribution >= 4 is 0 Å². The van der Waals surface area contributed by atoms with Crippen LogP contribution in [0.4, 0.5) is 13.2 Å². The van der Waals surface area contributed by atoms with Gasteiger partial charge in [-0.05, 0) is 80.9 Å². The molecule has 0 spiro atoms. The van der Waals surface area contributed by atoms with Gasteiger partial charge in [0.05, 0.1) is 6.61 Å². The minimum atomic E-state index is -0.693. The van der Waals surface area contributed by atoms with Crippen molar-refractivity contribution < 1.29 is 17.9 Å². The molecule has 28 heavy (non-hydrogen) atoms. The molecular weight excluding hydrogens is 361 g/mol. The van der Waals surface area contributed by atoms with Crippen LogP contribution in [-0.4, -0.2) is 6.61 Å². The Balaban J connectivity index is 1.51. The lowest BCUT2D eigenvalue weighted by Gasteiger charge is -2.29. The maximum Gasteiger partial charge on any atom is 0.158 e. The van der Waals surface area contributed by atoms with Gasteiger partial charge in [0, 0.05) is 12.0 Å². The zero-order valence-electron chi connectivity index (χ0n) is 16.5. The van der Waals surface area contributed by atoms with Crippen molar-refractivity contribution in [2.75, 3.05) is 6.61 Å². The first kappa shape index (κ1) is 20.8. The highest BCUT2D eigenvalue weighted by Crippen LogP contribution is 2.41. The van der Waals surface area contributed by atoms with Gasteiger partial charge in [-0.1, -0.05) is 18.2 Å². The average Bonchev–Trinajstić information content (AvgIpc) is 2.70. The van der Waals surface area contributed by atoms with Crippen molar-refractivity contribution in [1.82, 2.24) is 0 Å². The summed E-state index contributed by atoms with van der Waals surface area (Å²) in [6, 6.07) is 5.15. The van der Waals surface area contributed by atoms with E-state index in [0.29, 0.717) is 36.7 Å². The van der Waals surface area contributed by atoms with E-state index in [0.717, 1.165) is 37.7 Å². The number of halogens is 3. The Hall–Kier alpha value is -1.97. The fourth-order valence-electron chi connectivity index (χ4n) is 4.41. The van der Waals surface area contributed by atoms with Crippen molar-refractivity contribution in [2.24, 2.45) is 11.8 Å². The second kappa shape index (κ2) is 9.49. The highest BCUT2D eigenvalue weighted by Gasteiger charge is 2.27. The zero-order chi connectivity index (χ0) is 20.1. The van der Waals surface area contributed by atoms with Gasteiger partial charge < -0.3 is 4.74 Å². The first-order valence-electron chi connectivity index (χ1n) is 10.3. The van der Waals surface area contributed by atoms with Crippen LogP contribution in [0.5, 0.6) is 5.75 Å². The van der Waals surface area contributed by atoms with Crippen molar-refractivity contribution in [1.29, 1.82) is 0 Å². The minimum Gasteiger partial charge on any atom is -0.494 e. The molecule has 0 aromatic heterocycles. The summed E-state index contributed by atoms with van der Waals surface area (Å²) in [6.07, 6.45) is 9.03. The van der Waals surface area contributed by atoms with Crippen LogP contribution in [0.3, 0.4) is 0 Å². The summed E-state index contributed by atoms with van der Waals surface area (Å²) in [5.41, 5.74) is 1.26. The molecule has 0 saturated heterocycles. The van der Waals surface area contributed by atoms with E-state index in [1.54, 1.807) is 0 Å². The second-order valence-corrected chi connectivity index (χ2v) is 7.84. The van der Waals surface area contributed by atoms with E-state index in [-0.39, 0.29) is 11.7 Å². The Labute approximate surface area is 166 Å². The van der Waals surface area contributed by atoms with Gasteiger partial charge in [0.2, 0.25) is 0 Å². The third-order valence-corrected chi connectivity index (χ3v) is 6.11. The van der Waals surface area contributed by atoms with Crippen LogP contribution in [0, 0.1) is 17.7 Å². The molecule has 0 N–H and O–H groups in total. The Kier molecular flexibility index (Phi) is 7.03. The van der Waals surface area contributed by atoms with E-state index in [1.165, 1.54) is 12.1 Å². The quantitative estimate of drug-likeness (QED) is 0.436. The summed E-state index contributed by atoms with van der Waals surface area (Å²) in [4.78, 5) is 0. The molecule has 0 aliphatic heterocycles. The number of allylic oxidation sites excluding steroid dienone is 5. The van der Waals surface area contributed by atoms with Gasteiger partial charge >= 0.3 is 0 Å². The first-order chi connectivity index (χ1) is 13.5. The molecule has 1 nitrogen and oxygen atoms in total. The predicted octanol–water partition coefficient (Wildman–Crippen LogP) is 7.56. The van der Waals surface area contributed by atoms with E-state index in [1.807, 2.05) is 25.1 Å². The second-order valence-electron chi connectivity index (χ2n) is 7.84. The number of hydrogen-bond donors (Lipinski definition) is 0. The van der Waals surface area contributed by atoms with Gasteiger partial charge in [-0.25, -0.2) is 13.2 Å². The van der Waals surface area contributed by atoms with Crippen molar-refractivity contribution in [3.05, 3.63) is 65.5 Å². The summed E-state index contributed by atoms with van der Waals surface area (Å²) in [5.74, 6) is -0.814. The number of benzene rings is 1. The number of hydrogen-bond acceptors (Lipinski definition) is 1. The lowest BCUT2D eigenvalue weighted by Crippen LogP contribution is -2.15. The minimum absolute atomic E-state index is 0.193. The van der Waals surface area contributed by atoms with Crippen LogP contribution < -0.4 is 4.74 Å². The molecule has 0 unspecified atom stereocenters. The Morgan fingerprint density at radius 1 is 1.14 bits per heavy atom. The molecule has 0 amide bonds. The van der Waals surface area contributed by atoms with Gasteiger partial charge in [0.25, 0.3) is 0 Å². The zero-order valence-corrected chi connectivity index (χ0v) is 16.5. The maximum atomic E-state index is 14.4. The molecule has 4 heteroatoms. The Morgan fingerprint density at radius 3 is 2.54 bits per heavy atom. The molecule has 2 aliphatic rings. The standard InChI is InChI=1S/C24H29F3O/c1-3-17-11-12-19(24(27)23(17)26)10-7-16-5-8-18(9-6-16)21-14-13-20(28-4-2)15-22(21)25/h3,12-18H,1,4-11H2,2H3/t16?,17-,18?/m1/s1. The largest absolute Gasteiger partial charge is 0.494 e. The van der Waals surface area contributed by atoms with Crippen LogP contribution in [0.25, 0.3) is 0 Å². The molecule has 1 aromatic rings. The molecule has 1 aromatic carbocycles. The third-order valence-electron chi connectivity index (χ3n) is 6.11. The van der Waals surface area contributed by atoms with Crippen LogP contribution in [0.1, 0.15) is 63.4 Å². The molecule has 1 saturated carbocycles. The van der Waals surface area contributed by atoms with Crippen LogP contribution in [0.15, 0.2) is 54.2 Å². The van der Waals surface area contributed by atoms with Crippen molar-refractivity contribution in [3.63, 3.8) is 0 Å². The Bertz CT molecular complexity index is 757. The summed E-state index contributed by atoms with van der Waals surface area (Å²) in [6.45, 7) is 5.96.